The zero-order valence-corrected chi connectivity index (χ0v) is 25.4. The number of carbonyl (C=O) groups excluding carboxylic acids is 3. The first-order valence-corrected chi connectivity index (χ1v) is 14.7. The molecule has 4 amide bonds. The van der Waals surface area contributed by atoms with Crippen LogP contribution in [0.2, 0.25) is 10.0 Å². The highest BCUT2D eigenvalue weighted by atomic mass is 35.5. The molecule has 0 bridgehead atoms. The first kappa shape index (κ1) is 30.6. The summed E-state index contributed by atoms with van der Waals surface area (Å²) in [5.74, 6) is -0.276. The van der Waals surface area contributed by atoms with Crippen molar-refractivity contribution in [1.82, 2.24) is 15.5 Å². The summed E-state index contributed by atoms with van der Waals surface area (Å²) < 4.78 is 11.1. The maximum absolute atomic E-state index is 13.7. The zero-order valence-electron chi connectivity index (χ0n) is 23.9. The number of anilines is 2. The average Bonchev–Trinajstić information content (AvgIpc) is 3.02. The molecular weight excluding hydrogens is 593 g/mol. The average molecular weight is 627 g/mol. The van der Waals surface area contributed by atoms with Crippen LogP contribution in [0.5, 0.6) is 5.75 Å². The summed E-state index contributed by atoms with van der Waals surface area (Å²) in [6.07, 6.45) is 0. The number of hydrogen-bond donors (Lipinski definition) is 3. The largest absolute Gasteiger partial charge is 0.482 e. The van der Waals surface area contributed by atoms with E-state index in [-0.39, 0.29) is 35.5 Å². The normalized spacial score (nSPS) is 16.5. The van der Waals surface area contributed by atoms with Crippen LogP contribution in [0.4, 0.5) is 16.2 Å². The van der Waals surface area contributed by atoms with Gasteiger partial charge in [-0.25, -0.2) is 4.79 Å². The van der Waals surface area contributed by atoms with Gasteiger partial charge in [-0.2, -0.15) is 0 Å². The van der Waals surface area contributed by atoms with E-state index >= 15 is 0 Å². The second-order valence-corrected chi connectivity index (χ2v) is 11.2. The monoisotopic (exact) mass is 625 g/mol. The first-order chi connectivity index (χ1) is 20.7. The molecule has 3 aromatic carbocycles. The van der Waals surface area contributed by atoms with Crippen molar-refractivity contribution >= 4 is 52.4 Å². The van der Waals surface area contributed by atoms with Gasteiger partial charge in [-0.15, -0.1) is 0 Å². The van der Waals surface area contributed by atoms with Gasteiger partial charge in [-0.3, -0.25) is 19.4 Å². The topological polar surface area (TPSA) is 112 Å². The van der Waals surface area contributed by atoms with E-state index in [1.165, 1.54) is 4.90 Å². The van der Waals surface area contributed by atoms with Crippen LogP contribution >= 0.6 is 23.2 Å². The molecule has 226 valence electrons. The Bertz CT molecular complexity index is 1500. The summed E-state index contributed by atoms with van der Waals surface area (Å²) in [5.41, 5.74) is 3.89. The van der Waals surface area contributed by atoms with Crippen LogP contribution in [0, 0.1) is 0 Å². The molecule has 5 rings (SSSR count). The number of amides is 4. The molecule has 2 aliphatic rings. The quantitative estimate of drug-likeness (QED) is 0.334. The molecule has 0 spiro atoms. The number of fused-ring (bicyclic) bond motifs is 1. The van der Waals surface area contributed by atoms with Gasteiger partial charge in [-0.05, 0) is 41.8 Å². The maximum atomic E-state index is 13.7. The third kappa shape index (κ3) is 7.22. The molecule has 2 atom stereocenters. The van der Waals surface area contributed by atoms with Crippen molar-refractivity contribution in [2.75, 3.05) is 56.7 Å². The second-order valence-electron chi connectivity index (χ2n) is 10.3. The molecule has 0 aliphatic carbocycles. The molecule has 1 fully saturated rings. The van der Waals surface area contributed by atoms with Crippen molar-refractivity contribution in [3.63, 3.8) is 0 Å². The lowest BCUT2D eigenvalue weighted by molar-refractivity contribution is -0.128. The van der Waals surface area contributed by atoms with Gasteiger partial charge in [-0.1, -0.05) is 59.6 Å². The number of benzene rings is 3. The third-order valence-electron chi connectivity index (χ3n) is 7.50. The van der Waals surface area contributed by atoms with Crippen molar-refractivity contribution in [2.24, 2.45) is 0 Å². The maximum Gasteiger partial charge on any atom is 0.318 e. The Hall–Kier alpha value is -3.83. The lowest BCUT2D eigenvalue weighted by Gasteiger charge is -2.35. The van der Waals surface area contributed by atoms with Crippen molar-refractivity contribution in [3.8, 4) is 16.9 Å². The highest BCUT2D eigenvalue weighted by Crippen LogP contribution is 2.39. The molecule has 3 N–H and O–H groups in total. The van der Waals surface area contributed by atoms with Gasteiger partial charge in [0.05, 0.1) is 35.0 Å². The van der Waals surface area contributed by atoms with Crippen LogP contribution in [-0.4, -0.2) is 75.3 Å². The number of urea groups is 1. The summed E-state index contributed by atoms with van der Waals surface area (Å²) in [5, 5.41) is 9.08. The van der Waals surface area contributed by atoms with Crippen LogP contribution in [0.3, 0.4) is 0 Å². The van der Waals surface area contributed by atoms with Gasteiger partial charge in [0.1, 0.15) is 11.8 Å². The minimum absolute atomic E-state index is 0.207. The summed E-state index contributed by atoms with van der Waals surface area (Å²) in [4.78, 5) is 42.1. The molecule has 12 heteroatoms. The highest BCUT2D eigenvalue weighted by Gasteiger charge is 2.35. The van der Waals surface area contributed by atoms with Crippen LogP contribution in [0.1, 0.15) is 18.5 Å². The van der Waals surface area contributed by atoms with Crippen LogP contribution < -0.4 is 25.6 Å². The van der Waals surface area contributed by atoms with Gasteiger partial charge in [0.15, 0.2) is 6.61 Å². The van der Waals surface area contributed by atoms with Crippen LogP contribution in [0.25, 0.3) is 11.1 Å². The van der Waals surface area contributed by atoms with E-state index in [1.54, 1.807) is 26.1 Å². The van der Waals surface area contributed by atoms with Crippen molar-refractivity contribution in [1.29, 1.82) is 0 Å². The molecule has 1 saturated heterocycles. The SMILES string of the molecule is CNC(=O)Nc1cccc(-c2ccc(C(CN3CCOCC3)NC(=O)C(C)N3C(=O)COc4cc(Cl)c(Cl)cc43)cc2)c1. The minimum atomic E-state index is -0.839. The number of halogens is 2. The lowest BCUT2D eigenvalue weighted by atomic mass is 9.99. The van der Waals surface area contributed by atoms with Gasteiger partial charge in [0, 0.05) is 38.4 Å². The Kier molecular flexibility index (Phi) is 9.72. The van der Waals surface area contributed by atoms with E-state index < -0.39 is 6.04 Å². The second kappa shape index (κ2) is 13.6. The smallest absolute Gasteiger partial charge is 0.318 e. The fourth-order valence-electron chi connectivity index (χ4n) is 5.15. The van der Waals surface area contributed by atoms with Crippen molar-refractivity contribution in [3.05, 3.63) is 76.3 Å². The predicted molar refractivity (Wildman–Crippen MR) is 167 cm³/mol. The fraction of sp³-hybridized carbons (Fsp3) is 0.323. The fourth-order valence-corrected chi connectivity index (χ4v) is 5.47. The van der Waals surface area contributed by atoms with Gasteiger partial charge < -0.3 is 25.4 Å². The van der Waals surface area contributed by atoms with Gasteiger partial charge >= 0.3 is 6.03 Å². The van der Waals surface area contributed by atoms with Gasteiger partial charge in [0.25, 0.3) is 5.91 Å². The number of rotatable bonds is 8. The summed E-state index contributed by atoms with van der Waals surface area (Å²) in [6, 6.07) is 17.1. The molecule has 2 aliphatic heterocycles. The molecular formula is C31H33Cl2N5O5. The lowest BCUT2D eigenvalue weighted by Crippen LogP contribution is -2.53. The molecule has 0 saturated carbocycles. The zero-order chi connectivity index (χ0) is 30.5. The van der Waals surface area contributed by atoms with E-state index in [4.69, 9.17) is 32.7 Å². The standard InChI is InChI=1S/C31H33Cl2N5O5/c1-19(38-27-15-24(32)25(33)16-28(27)43-18-29(38)39)30(40)36-26(17-37-10-12-42-13-11-37)21-8-6-20(7-9-21)22-4-3-5-23(14-22)35-31(41)34-2/h3-9,14-16,19,26H,10-13,17-18H2,1-2H3,(H,36,40)(H2,34,35,41). The molecule has 43 heavy (non-hydrogen) atoms. The summed E-state index contributed by atoms with van der Waals surface area (Å²) in [7, 11) is 1.56. The van der Waals surface area contributed by atoms with E-state index in [1.807, 2.05) is 48.5 Å². The number of carbonyl (C=O) groups is 3. The minimum Gasteiger partial charge on any atom is -0.482 e. The summed E-state index contributed by atoms with van der Waals surface area (Å²) >= 11 is 12.4. The first-order valence-electron chi connectivity index (χ1n) is 14.0. The Morgan fingerprint density at radius 2 is 1.70 bits per heavy atom. The van der Waals surface area contributed by atoms with Crippen LogP contribution in [-0.2, 0) is 14.3 Å². The van der Waals surface area contributed by atoms with Crippen molar-refractivity contribution in [2.45, 2.75) is 19.0 Å². The molecule has 2 heterocycles. The Balaban J connectivity index is 1.37. The number of hydrogen-bond acceptors (Lipinski definition) is 6. The Morgan fingerprint density at radius 3 is 2.42 bits per heavy atom. The molecule has 3 aromatic rings. The highest BCUT2D eigenvalue weighted by molar-refractivity contribution is 6.42. The predicted octanol–water partition coefficient (Wildman–Crippen LogP) is 4.72. The van der Waals surface area contributed by atoms with E-state index in [2.05, 4.69) is 20.9 Å². The molecule has 0 radical (unpaired) electrons. The van der Waals surface area contributed by atoms with Crippen molar-refractivity contribution < 1.29 is 23.9 Å². The third-order valence-corrected chi connectivity index (χ3v) is 8.22. The molecule has 0 aromatic heterocycles. The Labute approximate surface area is 260 Å². The number of nitrogens with one attached hydrogen (secondary N) is 3. The molecule has 2 unspecified atom stereocenters. The number of morpholine rings is 1. The van der Waals surface area contributed by atoms with E-state index in [9.17, 15) is 14.4 Å². The van der Waals surface area contributed by atoms with E-state index in [0.717, 1.165) is 29.8 Å². The number of nitrogens with zero attached hydrogens (tertiary/aromatic N) is 2. The summed E-state index contributed by atoms with van der Waals surface area (Å²) in [6.45, 7) is 4.79. The van der Waals surface area contributed by atoms with E-state index in [0.29, 0.717) is 41.9 Å². The van der Waals surface area contributed by atoms with Crippen LogP contribution in [0.15, 0.2) is 60.7 Å². The Morgan fingerprint density at radius 1 is 0.977 bits per heavy atom. The van der Waals surface area contributed by atoms with Gasteiger partial charge in [0.2, 0.25) is 5.91 Å². The number of ether oxygens (including phenoxy) is 2. The molecule has 10 nitrogen and oxygen atoms in total.